The molecular formula is C7H6F3NO3S2. The summed E-state index contributed by atoms with van der Waals surface area (Å²) in [4.78, 5) is 13.9. The van der Waals surface area contributed by atoms with E-state index in [-0.39, 0.29) is 16.2 Å². The molecule has 16 heavy (non-hydrogen) atoms. The minimum absolute atomic E-state index is 0.139. The SMILES string of the molecule is CS(=O)(=O)CC(=O)c1cnc(C(F)(F)F)s1. The monoisotopic (exact) mass is 273 g/mol. The van der Waals surface area contributed by atoms with Gasteiger partial charge in [0.05, 0.1) is 4.88 Å². The Morgan fingerprint density at radius 2 is 2.06 bits per heavy atom. The number of carbonyl (C=O) groups is 1. The largest absolute Gasteiger partial charge is 0.443 e. The lowest BCUT2D eigenvalue weighted by atomic mass is 10.4. The van der Waals surface area contributed by atoms with Gasteiger partial charge in [-0.3, -0.25) is 4.79 Å². The van der Waals surface area contributed by atoms with Crippen LogP contribution in [0.3, 0.4) is 0 Å². The van der Waals surface area contributed by atoms with Crippen LogP contribution in [0.5, 0.6) is 0 Å². The fraction of sp³-hybridized carbons (Fsp3) is 0.429. The second-order valence-electron chi connectivity index (χ2n) is 3.02. The molecule has 90 valence electrons. The maximum atomic E-state index is 12.1. The summed E-state index contributed by atoms with van der Waals surface area (Å²) in [7, 11) is -3.55. The molecule has 0 amide bonds. The van der Waals surface area contributed by atoms with Crippen LogP contribution in [-0.4, -0.2) is 31.2 Å². The number of hydrogen-bond acceptors (Lipinski definition) is 5. The lowest BCUT2D eigenvalue weighted by Gasteiger charge is -1.98. The van der Waals surface area contributed by atoms with Crippen molar-refractivity contribution in [1.82, 2.24) is 4.98 Å². The predicted molar refractivity (Wildman–Crippen MR) is 51.2 cm³/mol. The summed E-state index contributed by atoms with van der Waals surface area (Å²) < 4.78 is 57.9. The molecule has 0 bridgehead atoms. The maximum absolute atomic E-state index is 12.1. The van der Waals surface area contributed by atoms with Gasteiger partial charge in [0.15, 0.2) is 20.6 Å². The Morgan fingerprint density at radius 1 is 1.50 bits per heavy atom. The van der Waals surface area contributed by atoms with Gasteiger partial charge in [0.25, 0.3) is 0 Å². The second kappa shape index (κ2) is 4.13. The average Bonchev–Trinajstić information content (AvgIpc) is 2.46. The Labute approximate surface area is 93.0 Å². The highest BCUT2D eigenvalue weighted by Gasteiger charge is 2.35. The van der Waals surface area contributed by atoms with Crippen LogP contribution in [-0.2, 0) is 16.0 Å². The van der Waals surface area contributed by atoms with E-state index in [9.17, 15) is 26.4 Å². The number of sulfone groups is 1. The van der Waals surface area contributed by atoms with E-state index in [1.807, 2.05) is 0 Å². The Balaban J connectivity index is 2.91. The molecule has 0 aromatic carbocycles. The minimum atomic E-state index is -4.62. The number of rotatable bonds is 3. The van der Waals surface area contributed by atoms with Crippen LogP contribution in [0.25, 0.3) is 0 Å². The third-order valence-corrected chi connectivity index (χ3v) is 3.29. The van der Waals surface area contributed by atoms with Crippen LogP contribution >= 0.6 is 11.3 Å². The smallest absolute Gasteiger partial charge is 0.292 e. The minimum Gasteiger partial charge on any atom is -0.292 e. The molecular weight excluding hydrogens is 267 g/mol. The lowest BCUT2D eigenvalue weighted by Crippen LogP contribution is -2.13. The number of carbonyl (C=O) groups excluding carboxylic acids is 1. The molecule has 0 N–H and O–H groups in total. The van der Waals surface area contributed by atoms with E-state index in [1.54, 1.807) is 0 Å². The highest BCUT2D eigenvalue weighted by molar-refractivity contribution is 7.91. The molecule has 1 aromatic heterocycles. The van der Waals surface area contributed by atoms with Gasteiger partial charge in [-0.05, 0) is 0 Å². The van der Waals surface area contributed by atoms with Gasteiger partial charge in [0.1, 0.15) is 5.75 Å². The van der Waals surface area contributed by atoms with Gasteiger partial charge in [0, 0.05) is 12.5 Å². The van der Waals surface area contributed by atoms with E-state index in [0.717, 1.165) is 12.5 Å². The van der Waals surface area contributed by atoms with Crippen molar-refractivity contribution in [3.63, 3.8) is 0 Å². The van der Waals surface area contributed by atoms with Crippen LogP contribution in [0.1, 0.15) is 14.7 Å². The molecule has 0 aliphatic heterocycles. The fourth-order valence-electron chi connectivity index (χ4n) is 0.843. The molecule has 0 fully saturated rings. The molecule has 0 radical (unpaired) electrons. The van der Waals surface area contributed by atoms with E-state index in [1.165, 1.54) is 0 Å². The first-order chi connectivity index (χ1) is 7.09. The maximum Gasteiger partial charge on any atom is 0.443 e. The number of ketones is 1. The highest BCUT2D eigenvalue weighted by Crippen LogP contribution is 2.32. The van der Waals surface area contributed by atoms with Crippen LogP contribution in [0.15, 0.2) is 6.20 Å². The zero-order valence-electron chi connectivity index (χ0n) is 7.91. The molecule has 0 saturated carbocycles. The molecule has 0 unspecified atom stereocenters. The zero-order valence-corrected chi connectivity index (χ0v) is 9.54. The van der Waals surface area contributed by atoms with Crippen molar-refractivity contribution in [3.8, 4) is 0 Å². The molecule has 0 atom stereocenters. The van der Waals surface area contributed by atoms with Gasteiger partial charge >= 0.3 is 6.18 Å². The van der Waals surface area contributed by atoms with Crippen molar-refractivity contribution in [3.05, 3.63) is 16.1 Å². The Morgan fingerprint density at radius 3 is 2.44 bits per heavy atom. The third-order valence-electron chi connectivity index (χ3n) is 1.42. The summed E-state index contributed by atoms with van der Waals surface area (Å²) in [6.07, 6.45) is -3.05. The van der Waals surface area contributed by atoms with Crippen molar-refractivity contribution in [1.29, 1.82) is 0 Å². The van der Waals surface area contributed by atoms with Crippen LogP contribution in [0, 0.1) is 0 Å². The van der Waals surface area contributed by atoms with Crippen molar-refractivity contribution in [2.75, 3.05) is 12.0 Å². The standard InChI is InChI=1S/C7H6F3NO3S2/c1-16(13,14)3-4(12)5-2-11-6(15-5)7(8,9)10/h2H,3H2,1H3. The number of thiazole rings is 1. The summed E-state index contributed by atoms with van der Waals surface area (Å²) in [6.45, 7) is 0. The number of nitrogens with zero attached hydrogens (tertiary/aromatic N) is 1. The number of Topliss-reactive ketones (excluding diaryl/α,β-unsaturated/α-hetero) is 1. The quantitative estimate of drug-likeness (QED) is 0.781. The first-order valence-corrected chi connectivity index (χ1v) is 6.71. The molecule has 1 heterocycles. The molecule has 0 aliphatic rings. The molecule has 0 aliphatic carbocycles. The molecule has 0 spiro atoms. The summed E-state index contributed by atoms with van der Waals surface area (Å²) in [6, 6.07) is 0. The molecule has 9 heteroatoms. The van der Waals surface area contributed by atoms with Gasteiger partial charge < -0.3 is 0 Å². The van der Waals surface area contributed by atoms with E-state index in [4.69, 9.17) is 0 Å². The van der Waals surface area contributed by atoms with E-state index in [0.29, 0.717) is 0 Å². The highest BCUT2D eigenvalue weighted by atomic mass is 32.2. The summed E-state index contributed by atoms with van der Waals surface area (Å²) in [5.74, 6) is -1.69. The fourth-order valence-corrected chi connectivity index (χ4v) is 2.29. The van der Waals surface area contributed by atoms with Gasteiger partial charge in [-0.1, -0.05) is 0 Å². The van der Waals surface area contributed by atoms with E-state index < -0.39 is 32.6 Å². The summed E-state index contributed by atoms with van der Waals surface area (Å²) in [5, 5.41) is -1.16. The zero-order chi connectivity index (χ0) is 12.6. The average molecular weight is 273 g/mol. The Bertz CT molecular complexity index is 503. The third kappa shape index (κ3) is 3.56. The predicted octanol–water partition coefficient (Wildman–Crippen LogP) is 1.39. The Hall–Kier alpha value is -0.960. The summed E-state index contributed by atoms with van der Waals surface area (Å²) >= 11 is 0.139. The lowest BCUT2D eigenvalue weighted by molar-refractivity contribution is -0.137. The van der Waals surface area contributed by atoms with Crippen LogP contribution in [0.4, 0.5) is 13.2 Å². The number of alkyl halides is 3. The molecule has 1 rings (SSSR count). The molecule has 4 nitrogen and oxygen atoms in total. The van der Waals surface area contributed by atoms with E-state index >= 15 is 0 Å². The first-order valence-electron chi connectivity index (χ1n) is 3.83. The number of aromatic nitrogens is 1. The Kier molecular flexibility index (Phi) is 3.38. The second-order valence-corrected chi connectivity index (χ2v) is 6.19. The van der Waals surface area contributed by atoms with Crippen molar-refractivity contribution in [2.45, 2.75) is 6.18 Å². The number of hydrogen-bond donors (Lipinski definition) is 0. The van der Waals surface area contributed by atoms with Gasteiger partial charge in [-0.15, -0.1) is 11.3 Å². The van der Waals surface area contributed by atoms with Crippen LogP contribution in [0.2, 0.25) is 0 Å². The molecule has 1 aromatic rings. The van der Waals surface area contributed by atoms with E-state index in [2.05, 4.69) is 4.98 Å². The van der Waals surface area contributed by atoms with Crippen LogP contribution < -0.4 is 0 Å². The van der Waals surface area contributed by atoms with Gasteiger partial charge in [-0.2, -0.15) is 13.2 Å². The van der Waals surface area contributed by atoms with Crippen molar-refractivity contribution < 1.29 is 26.4 Å². The van der Waals surface area contributed by atoms with Gasteiger partial charge in [0.2, 0.25) is 0 Å². The number of halogens is 3. The molecule has 0 saturated heterocycles. The first kappa shape index (κ1) is 13.1. The van der Waals surface area contributed by atoms with Crippen molar-refractivity contribution in [2.24, 2.45) is 0 Å². The topological polar surface area (TPSA) is 64.1 Å². The summed E-state index contributed by atoms with van der Waals surface area (Å²) in [5.41, 5.74) is 0. The normalized spacial score (nSPS) is 12.8. The van der Waals surface area contributed by atoms with Gasteiger partial charge in [-0.25, -0.2) is 13.4 Å². The van der Waals surface area contributed by atoms with Crippen molar-refractivity contribution >= 4 is 27.0 Å².